The summed E-state index contributed by atoms with van der Waals surface area (Å²) < 4.78 is 0. The molecule has 0 bridgehead atoms. The fourth-order valence-corrected chi connectivity index (χ4v) is 4.46. The Morgan fingerprint density at radius 2 is 2.04 bits per heavy atom. The molecule has 2 aliphatic heterocycles. The second-order valence-corrected chi connectivity index (χ2v) is 7.84. The monoisotopic (exact) mass is 366 g/mol. The van der Waals surface area contributed by atoms with Crippen LogP contribution in [0.3, 0.4) is 0 Å². The minimum Gasteiger partial charge on any atom is -0.348 e. The van der Waals surface area contributed by atoms with Gasteiger partial charge in [-0.1, -0.05) is 18.2 Å². The highest BCUT2D eigenvalue weighted by Crippen LogP contribution is 2.39. The van der Waals surface area contributed by atoms with Crippen LogP contribution in [-0.4, -0.2) is 57.8 Å². The Bertz CT molecular complexity index is 790. The van der Waals surface area contributed by atoms with Gasteiger partial charge in [0, 0.05) is 61.9 Å². The molecule has 1 aromatic carbocycles. The van der Waals surface area contributed by atoms with Crippen LogP contribution in [0.2, 0.25) is 0 Å². The number of benzene rings is 1. The molecule has 4 rings (SSSR count). The van der Waals surface area contributed by atoms with Crippen LogP contribution in [0.25, 0.3) is 0 Å². The Labute approximate surface area is 159 Å². The Kier molecular flexibility index (Phi) is 4.97. The van der Waals surface area contributed by atoms with Gasteiger partial charge >= 0.3 is 0 Å². The zero-order valence-corrected chi connectivity index (χ0v) is 15.6. The first-order chi connectivity index (χ1) is 13.2. The van der Waals surface area contributed by atoms with Gasteiger partial charge in [-0.2, -0.15) is 0 Å². The standard InChI is InChI=1S/C21H26N4O2/c26-19-7-10-21(14-24(19)12-8-18-13-22-16-23-18)9-4-11-25(15-21)20(27)17-5-2-1-3-6-17/h1-3,5-6,13,16H,4,7-12,14-15H2,(H,22,23)/t21-/m0/s1. The fourth-order valence-electron chi connectivity index (χ4n) is 4.46. The van der Waals surface area contributed by atoms with E-state index in [2.05, 4.69) is 9.97 Å². The summed E-state index contributed by atoms with van der Waals surface area (Å²) in [6.45, 7) is 3.00. The van der Waals surface area contributed by atoms with Gasteiger partial charge in [0.05, 0.1) is 6.33 Å². The minimum atomic E-state index is 0.0323. The highest BCUT2D eigenvalue weighted by atomic mass is 16.2. The summed E-state index contributed by atoms with van der Waals surface area (Å²) in [5.74, 6) is 0.335. The van der Waals surface area contributed by atoms with E-state index >= 15 is 0 Å². The van der Waals surface area contributed by atoms with Crippen molar-refractivity contribution in [1.82, 2.24) is 19.8 Å². The van der Waals surface area contributed by atoms with Crippen LogP contribution in [0, 0.1) is 5.41 Å². The zero-order valence-electron chi connectivity index (χ0n) is 15.6. The number of hydrogen-bond donors (Lipinski definition) is 1. The molecule has 142 valence electrons. The van der Waals surface area contributed by atoms with Crippen molar-refractivity contribution in [2.45, 2.75) is 32.1 Å². The summed E-state index contributed by atoms with van der Waals surface area (Å²) in [6.07, 6.45) is 7.81. The summed E-state index contributed by atoms with van der Waals surface area (Å²) in [6, 6.07) is 9.50. The average Bonchev–Trinajstić information content (AvgIpc) is 3.23. The van der Waals surface area contributed by atoms with E-state index in [9.17, 15) is 9.59 Å². The normalized spacial score (nSPS) is 23.0. The van der Waals surface area contributed by atoms with Crippen molar-refractivity contribution >= 4 is 11.8 Å². The maximum atomic E-state index is 12.9. The van der Waals surface area contributed by atoms with Crippen molar-refractivity contribution < 1.29 is 9.59 Å². The zero-order chi connectivity index (χ0) is 18.7. The number of aromatic nitrogens is 2. The van der Waals surface area contributed by atoms with Gasteiger partial charge in [-0.25, -0.2) is 4.98 Å². The predicted octanol–water partition coefficient (Wildman–Crippen LogP) is 2.50. The largest absolute Gasteiger partial charge is 0.348 e. The molecule has 27 heavy (non-hydrogen) atoms. The summed E-state index contributed by atoms with van der Waals surface area (Å²) in [5.41, 5.74) is 1.83. The van der Waals surface area contributed by atoms with Crippen molar-refractivity contribution in [3.63, 3.8) is 0 Å². The third kappa shape index (κ3) is 3.89. The number of nitrogens with one attached hydrogen (secondary N) is 1. The van der Waals surface area contributed by atoms with Crippen LogP contribution in [-0.2, 0) is 11.2 Å². The molecule has 1 atom stereocenters. The van der Waals surface area contributed by atoms with E-state index in [0.717, 1.165) is 56.6 Å². The lowest BCUT2D eigenvalue weighted by Gasteiger charge is -2.48. The summed E-state index contributed by atoms with van der Waals surface area (Å²) in [7, 11) is 0. The summed E-state index contributed by atoms with van der Waals surface area (Å²) >= 11 is 0. The van der Waals surface area contributed by atoms with Crippen molar-refractivity contribution in [2.75, 3.05) is 26.2 Å². The molecule has 6 nitrogen and oxygen atoms in total. The third-order valence-electron chi connectivity index (χ3n) is 5.92. The van der Waals surface area contributed by atoms with Crippen LogP contribution in [0.4, 0.5) is 0 Å². The van der Waals surface area contributed by atoms with E-state index in [0.29, 0.717) is 13.0 Å². The lowest BCUT2D eigenvalue weighted by atomic mass is 9.73. The number of rotatable bonds is 4. The number of carbonyl (C=O) groups is 2. The average molecular weight is 366 g/mol. The first kappa shape index (κ1) is 17.8. The smallest absolute Gasteiger partial charge is 0.253 e. The molecule has 2 fully saturated rings. The van der Waals surface area contributed by atoms with Crippen molar-refractivity contribution in [2.24, 2.45) is 5.41 Å². The second kappa shape index (κ2) is 7.55. The van der Waals surface area contributed by atoms with Gasteiger partial charge in [-0.3, -0.25) is 9.59 Å². The Morgan fingerprint density at radius 3 is 2.81 bits per heavy atom. The van der Waals surface area contributed by atoms with Gasteiger partial charge in [-0.15, -0.1) is 0 Å². The molecular formula is C21H26N4O2. The number of H-pyrrole nitrogens is 1. The molecule has 0 saturated carbocycles. The molecule has 0 radical (unpaired) electrons. The van der Waals surface area contributed by atoms with Crippen molar-refractivity contribution in [1.29, 1.82) is 0 Å². The molecule has 0 unspecified atom stereocenters. The number of carbonyl (C=O) groups excluding carboxylic acids is 2. The minimum absolute atomic E-state index is 0.0323. The van der Waals surface area contributed by atoms with E-state index in [1.165, 1.54) is 0 Å². The Hall–Kier alpha value is -2.63. The number of likely N-dealkylation sites (tertiary alicyclic amines) is 2. The lowest BCUT2D eigenvalue weighted by molar-refractivity contribution is -0.138. The van der Waals surface area contributed by atoms with Crippen LogP contribution in [0.1, 0.15) is 41.7 Å². The quantitative estimate of drug-likeness (QED) is 0.904. The molecule has 2 aromatic rings. The lowest BCUT2D eigenvalue weighted by Crippen LogP contribution is -2.55. The molecule has 1 spiro atoms. The van der Waals surface area contributed by atoms with Gasteiger partial charge in [0.25, 0.3) is 5.91 Å². The maximum Gasteiger partial charge on any atom is 0.253 e. The van der Waals surface area contributed by atoms with Crippen LogP contribution >= 0.6 is 0 Å². The number of piperidine rings is 2. The topological polar surface area (TPSA) is 69.3 Å². The van der Waals surface area contributed by atoms with Gasteiger partial charge in [0.1, 0.15) is 0 Å². The predicted molar refractivity (Wildman–Crippen MR) is 102 cm³/mol. The van der Waals surface area contributed by atoms with Crippen LogP contribution in [0.5, 0.6) is 0 Å². The second-order valence-electron chi connectivity index (χ2n) is 7.84. The van der Waals surface area contributed by atoms with E-state index < -0.39 is 0 Å². The Morgan fingerprint density at radius 1 is 1.19 bits per heavy atom. The van der Waals surface area contributed by atoms with Crippen molar-refractivity contribution in [3.8, 4) is 0 Å². The molecule has 6 heteroatoms. The number of nitrogens with zero attached hydrogens (tertiary/aromatic N) is 3. The summed E-state index contributed by atoms with van der Waals surface area (Å²) in [4.78, 5) is 36.4. The summed E-state index contributed by atoms with van der Waals surface area (Å²) in [5, 5.41) is 0. The Balaban J connectivity index is 1.43. The van der Waals surface area contributed by atoms with Crippen LogP contribution < -0.4 is 0 Å². The highest BCUT2D eigenvalue weighted by molar-refractivity contribution is 5.94. The first-order valence-electron chi connectivity index (χ1n) is 9.75. The fraction of sp³-hybridized carbons (Fsp3) is 0.476. The number of hydrogen-bond acceptors (Lipinski definition) is 3. The van der Waals surface area contributed by atoms with E-state index in [-0.39, 0.29) is 17.2 Å². The SMILES string of the molecule is O=C1CC[C@@]2(CCCN(C(=O)c3ccccc3)C2)CN1CCc1cnc[nH]1. The van der Waals surface area contributed by atoms with Crippen LogP contribution in [0.15, 0.2) is 42.9 Å². The molecule has 1 aromatic heterocycles. The molecule has 2 saturated heterocycles. The highest BCUT2D eigenvalue weighted by Gasteiger charge is 2.42. The van der Waals surface area contributed by atoms with Crippen molar-refractivity contribution in [3.05, 3.63) is 54.1 Å². The molecule has 2 aliphatic rings. The van der Waals surface area contributed by atoms with Gasteiger partial charge in [-0.05, 0) is 31.4 Å². The number of aromatic amines is 1. The maximum absolute atomic E-state index is 12.9. The first-order valence-corrected chi connectivity index (χ1v) is 9.75. The third-order valence-corrected chi connectivity index (χ3v) is 5.92. The van der Waals surface area contributed by atoms with Gasteiger partial charge < -0.3 is 14.8 Å². The van der Waals surface area contributed by atoms with E-state index in [1.54, 1.807) is 6.33 Å². The van der Waals surface area contributed by atoms with E-state index in [1.807, 2.05) is 46.3 Å². The van der Waals surface area contributed by atoms with E-state index in [4.69, 9.17) is 0 Å². The molecule has 1 N–H and O–H groups in total. The van der Waals surface area contributed by atoms with Gasteiger partial charge in [0.15, 0.2) is 0 Å². The molecule has 2 amide bonds. The molecule has 0 aliphatic carbocycles. The van der Waals surface area contributed by atoms with Gasteiger partial charge in [0.2, 0.25) is 5.91 Å². The number of amides is 2. The number of imidazole rings is 1. The molecule has 3 heterocycles. The molecular weight excluding hydrogens is 340 g/mol.